The number of benzene rings is 1. The molecule has 0 radical (unpaired) electrons. The SMILES string of the molecule is Cc1noc(C)c1CCC(=O)NNC(=O)c1ccccc1. The predicted octanol–water partition coefficient (Wildman–Crippen LogP) is 1.69. The van der Waals surface area contributed by atoms with Crippen LogP contribution in [0.3, 0.4) is 0 Å². The van der Waals surface area contributed by atoms with Crippen LogP contribution in [0.1, 0.15) is 33.8 Å². The van der Waals surface area contributed by atoms with Crippen LogP contribution in [0.4, 0.5) is 0 Å². The van der Waals surface area contributed by atoms with Gasteiger partial charge in [0.2, 0.25) is 5.91 Å². The van der Waals surface area contributed by atoms with Crippen LogP contribution in [0, 0.1) is 13.8 Å². The van der Waals surface area contributed by atoms with Crippen LogP contribution in [0.25, 0.3) is 0 Å². The summed E-state index contributed by atoms with van der Waals surface area (Å²) in [7, 11) is 0. The van der Waals surface area contributed by atoms with Crippen LogP contribution in [0.15, 0.2) is 34.9 Å². The van der Waals surface area contributed by atoms with Gasteiger partial charge in [-0.25, -0.2) is 0 Å². The first kappa shape index (κ1) is 14.8. The lowest BCUT2D eigenvalue weighted by molar-refractivity contribution is -0.121. The zero-order chi connectivity index (χ0) is 15.2. The monoisotopic (exact) mass is 287 g/mol. The van der Waals surface area contributed by atoms with E-state index in [1.165, 1.54) is 0 Å². The molecule has 2 N–H and O–H groups in total. The fourth-order valence-corrected chi connectivity index (χ4v) is 1.95. The summed E-state index contributed by atoms with van der Waals surface area (Å²) in [5, 5.41) is 3.83. The highest BCUT2D eigenvalue weighted by molar-refractivity contribution is 5.95. The molecular formula is C15H17N3O3. The van der Waals surface area contributed by atoms with Crippen molar-refractivity contribution in [1.29, 1.82) is 0 Å². The summed E-state index contributed by atoms with van der Waals surface area (Å²) in [6, 6.07) is 8.68. The van der Waals surface area contributed by atoms with Gasteiger partial charge in [-0.1, -0.05) is 23.4 Å². The standard InChI is InChI=1S/C15H17N3O3/c1-10-13(11(2)21-18-10)8-9-14(19)16-17-15(20)12-6-4-3-5-7-12/h3-7H,8-9H2,1-2H3,(H,16,19)(H,17,20). The van der Waals surface area contributed by atoms with Crippen molar-refractivity contribution in [3.63, 3.8) is 0 Å². The Morgan fingerprint density at radius 3 is 2.48 bits per heavy atom. The average Bonchev–Trinajstić information content (AvgIpc) is 2.82. The molecule has 1 aromatic carbocycles. The van der Waals surface area contributed by atoms with E-state index in [4.69, 9.17) is 4.52 Å². The van der Waals surface area contributed by atoms with E-state index in [2.05, 4.69) is 16.0 Å². The molecule has 0 unspecified atom stereocenters. The Morgan fingerprint density at radius 1 is 1.14 bits per heavy atom. The van der Waals surface area contributed by atoms with Gasteiger partial charge >= 0.3 is 0 Å². The van der Waals surface area contributed by atoms with Gasteiger partial charge in [-0.2, -0.15) is 0 Å². The number of hydrogen-bond donors (Lipinski definition) is 2. The molecule has 110 valence electrons. The lowest BCUT2D eigenvalue weighted by Gasteiger charge is -2.07. The van der Waals surface area contributed by atoms with Crippen molar-refractivity contribution < 1.29 is 14.1 Å². The van der Waals surface area contributed by atoms with Gasteiger partial charge in [-0.15, -0.1) is 0 Å². The summed E-state index contributed by atoms with van der Waals surface area (Å²) in [5.41, 5.74) is 6.98. The number of nitrogens with zero attached hydrogens (tertiary/aromatic N) is 1. The summed E-state index contributed by atoms with van der Waals surface area (Å²) in [5.74, 6) is 0.106. The molecule has 0 spiro atoms. The Kier molecular flexibility index (Phi) is 4.71. The Morgan fingerprint density at radius 2 is 1.86 bits per heavy atom. The molecule has 6 nitrogen and oxygen atoms in total. The molecule has 21 heavy (non-hydrogen) atoms. The molecule has 0 saturated heterocycles. The lowest BCUT2D eigenvalue weighted by Crippen LogP contribution is -2.41. The molecule has 0 aliphatic rings. The fourth-order valence-electron chi connectivity index (χ4n) is 1.95. The van der Waals surface area contributed by atoms with Crippen LogP contribution < -0.4 is 10.9 Å². The van der Waals surface area contributed by atoms with Gasteiger partial charge in [0.15, 0.2) is 0 Å². The summed E-state index contributed by atoms with van der Waals surface area (Å²) in [6.07, 6.45) is 0.770. The number of nitrogens with one attached hydrogen (secondary N) is 2. The third-order valence-corrected chi connectivity index (χ3v) is 3.13. The van der Waals surface area contributed by atoms with E-state index in [1.54, 1.807) is 24.3 Å². The molecule has 2 aromatic rings. The van der Waals surface area contributed by atoms with Crippen LogP contribution >= 0.6 is 0 Å². The first-order valence-corrected chi connectivity index (χ1v) is 6.64. The second-order valence-corrected chi connectivity index (χ2v) is 4.67. The predicted molar refractivity (Wildman–Crippen MR) is 76.3 cm³/mol. The Labute approximate surface area is 122 Å². The van der Waals surface area contributed by atoms with Gasteiger partial charge in [0.1, 0.15) is 5.76 Å². The maximum atomic E-state index is 11.7. The average molecular weight is 287 g/mol. The molecule has 0 aliphatic carbocycles. The van der Waals surface area contributed by atoms with E-state index < -0.39 is 0 Å². The van der Waals surface area contributed by atoms with Crippen LogP contribution in [0.5, 0.6) is 0 Å². The van der Waals surface area contributed by atoms with Gasteiger partial charge in [0, 0.05) is 17.5 Å². The van der Waals surface area contributed by atoms with Crippen molar-refractivity contribution in [3.05, 3.63) is 52.9 Å². The molecule has 0 bridgehead atoms. The normalized spacial score (nSPS) is 10.2. The van der Waals surface area contributed by atoms with E-state index in [0.717, 1.165) is 11.3 Å². The summed E-state index contributed by atoms with van der Waals surface area (Å²) in [6.45, 7) is 3.64. The number of rotatable bonds is 4. The first-order chi connectivity index (χ1) is 10.1. The van der Waals surface area contributed by atoms with Crippen LogP contribution in [-0.2, 0) is 11.2 Å². The van der Waals surface area contributed by atoms with Crippen LogP contribution in [-0.4, -0.2) is 17.0 Å². The maximum Gasteiger partial charge on any atom is 0.269 e. The van der Waals surface area contributed by atoms with Crippen LogP contribution in [0.2, 0.25) is 0 Å². The van der Waals surface area contributed by atoms with Crippen molar-refractivity contribution in [3.8, 4) is 0 Å². The highest BCUT2D eigenvalue weighted by Crippen LogP contribution is 2.13. The van der Waals surface area contributed by atoms with Gasteiger partial charge < -0.3 is 4.52 Å². The number of carbonyl (C=O) groups excluding carboxylic acids is 2. The molecule has 0 atom stereocenters. The van der Waals surface area contributed by atoms with Crippen molar-refractivity contribution in [1.82, 2.24) is 16.0 Å². The molecule has 6 heteroatoms. The summed E-state index contributed by atoms with van der Waals surface area (Å²) < 4.78 is 5.03. The molecule has 2 amide bonds. The van der Waals surface area contributed by atoms with Gasteiger partial charge in [-0.3, -0.25) is 20.4 Å². The zero-order valence-electron chi connectivity index (χ0n) is 12.0. The summed E-state index contributed by atoms with van der Waals surface area (Å²) in [4.78, 5) is 23.5. The van der Waals surface area contributed by atoms with Crippen molar-refractivity contribution in [2.45, 2.75) is 26.7 Å². The number of aromatic nitrogens is 1. The summed E-state index contributed by atoms with van der Waals surface area (Å²) >= 11 is 0. The van der Waals surface area contributed by atoms with E-state index in [9.17, 15) is 9.59 Å². The van der Waals surface area contributed by atoms with E-state index >= 15 is 0 Å². The van der Waals surface area contributed by atoms with Gasteiger partial charge in [0.25, 0.3) is 5.91 Å². The minimum atomic E-state index is -0.346. The first-order valence-electron chi connectivity index (χ1n) is 6.64. The molecule has 0 aliphatic heterocycles. The Hall–Kier alpha value is -2.63. The molecule has 2 rings (SSSR count). The quantitative estimate of drug-likeness (QED) is 0.838. The number of amides is 2. The second-order valence-electron chi connectivity index (χ2n) is 4.67. The Bertz CT molecular complexity index is 615. The Balaban J connectivity index is 1.79. The fraction of sp³-hybridized carbons (Fsp3) is 0.267. The zero-order valence-corrected chi connectivity index (χ0v) is 12.0. The third-order valence-electron chi connectivity index (χ3n) is 3.13. The lowest BCUT2D eigenvalue weighted by atomic mass is 10.1. The van der Waals surface area contributed by atoms with Crippen molar-refractivity contribution in [2.75, 3.05) is 0 Å². The smallest absolute Gasteiger partial charge is 0.269 e. The molecule has 1 heterocycles. The molecule has 1 aromatic heterocycles. The number of aryl methyl sites for hydroxylation is 2. The molecular weight excluding hydrogens is 270 g/mol. The maximum absolute atomic E-state index is 11.7. The van der Waals surface area contributed by atoms with Gasteiger partial charge in [0.05, 0.1) is 5.69 Å². The highest BCUT2D eigenvalue weighted by atomic mass is 16.5. The number of hydrogen-bond acceptors (Lipinski definition) is 4. The largest absolute Gasteiger partial charge is 0.361 e. The van der Waals surface area contributed by atoms with Crippen molar-refractivity contribution >= 4 is 11.8 Å². The number of carbonyl (C=O) groups is 2. The second kappa shape index (κ2) is 6.69. The molecule has 0 fully saturated rings. The third kappa shape index (κ3) is 3.92. The van der Waals surface area contributed by atoms with Crippen molar-refractivity contribution in [2.24, 2.45) is 0 Å². The molecule has 0 saturated carbocycles. The minimum Gasteiger partial charge on any atom is -0.361 e. The minimum absolute atomic E-state index is 0.248. The highest BCUT2D eigenvalue weighted by Gasteiger charge is 2.12. The van der Waals surface area contributed by atoms with Gasteiger partial charge in [-0.05, 0) is 32.4 Å². The number of hydrazine groups is 1. The van der Waals surface area contributed by atoms with E-state index in [-0.39, 0.29) is 18.2 Å². The topological polar surface area (TPSA) is 84.2 Å². The van der Waals surface area contributed by atoms with E-state index in [0.29, 0.717) is 17.7 Å². The van der Waals surface area contributed by atoms with E-state index in [1.807, 2.05) is 19.9 Å².